The second-order valence-electron chi connectivity index (χ2n) is 12.1. The minimum Gasteiger partial charge on any atom is -0.456 e. The lowest BCUT2D eigenvalue weighted by atomic mass is 9.88. The van der Waals surface area contributed by atoms with E-state index in [0.29, 0.717) is 0 Å². The van der Waals surface area contributed by atoms with Crippen LogP contribution in [0.3, 0.4) is 0 Å². The molecule has 1 aliphatic rings. The van der Waals surface area contributed by atoms with Crippen molar-refractivity contribution in [1.29, 1.82) is 0 Å². The summed E-state index contributed by atoms with van der Waals surface area (Å²) < 4.78 is 6.57. The van der Waals surface area contributed by atoms with Crippen molar-refractivity contribution in [2.75, 3.05) is 0 Å². The monoisotopic (exact) mass is 570 g/mol. The fourth-order valence-electron chi connectivity index (χ4n) is 7.51. The molecule has 0 atom stereocenters. The average molecular weight is 571 g/mol. The minimum absolute atomic E-state index is 0.904. The fourth-order valence-corrected chi connectivity index (χ4v) is 7.51. The standard InChI is InChI=1S/C44H26O/c1-2-6-27(7-3-1)33-20-22-36-38-11-5-10-37-35(24-25-40(44(37)38)45-41(36)26-33)29-14-12-28(13-15-29)34-21-18-32-17-16-30-8-4-9-31-19-23-39(34)43(32)42(30)31/h1-26H. The highest BCUT2D eigenvalue weighted by Gasteiger charge is 2.22. The van der Waals surface area contributed by atoms with Gasteiger partial charge < -0.3 is 4.74 Å². The van der Waals surface area contributed by atoms with Crippen LogP contribution in [0.5, 0.6) is 11.5 Å². The first kappa shape index (κ1) is 24.5. The van der Waals surface area contributed by atoms with Crippen LogP contribution in [-0.2, 0) is 0 Å². The molecule has 9 aromatic carbocycles. The Morgan fingerprint density at radius 2 is 0.889 bits per heavy atom. The topological polar surface area (TPSA) is 9.23 Å². The molecule has 208 valence electrons. The van der Waals surface area contributed by atoms with Crippen LogP contribution in [0, 0.1) is 0 Å². The lowest BCUT2D eigenvalue weighted by Gasteiger charge is -2.23. The Morgan fingerprint density at radius 1 is 0.289 bits per heavy atom. The maximum atomic E-state index is 6.57. The third kappa shape index (κ3) is 3.62. The molecular formula is C44H26O. The Bertz CT molecular complexity index is 2580. The van der Waals surface area contributed by atoms with Crippen molar-refractivity contribution in [3.8, 4) is 56.0 Å². The van der Waals surface area contributed by atoms with Crippen LogP contribution in [0.15, 0.2) is 158 Å². The Kier molecular flexibility index (Phi) is 5.06. The van der Waals surface area contributed by atoms with Gasteiger partial charge in [-0.3, -0.25) is 0 Å². The third-order valence-corrected chi connectivity index (χ3v) is 9.64. The highest BCUT2D eigenvalue weighted by atomic mass is 16.5. The molecule has 0 unspecified atom stereocenters. The van der Waals surface area contributed by atoms with Crippen molar-refractivity contribution < 1.29 is 4.74 Å². The van der Waals surface area contributed by atoms with Crippen LogP contribution in [-0.4, -0.2) is 0 Å². The van der Waals surface area contributed by atoms with Crippen LogP contribution in [0.25, 0.3) is 87.6 Å². The van der Waals surface area contributed by atoms with Crippen molar-refractivity contribution in [3.05, 3.63) is 158 Å². The largest absolute Gasteiger partial charge is 0.456 e. The predicted octanol–water partition coefficient (Wildman–Crippen LogP) is 12.5. The summed E-state index contributed by atoms with van der Waals surface area (Å²) in [7, 11) is 0. The third-order valence-electron chi connectivity index (χ3n) is 9.64. The van der Waals surface area contributed by atoms with Gasteiger partial charge in [0.05, 0.1) is 0 Å². The molecule has 0 saturated heterocycles. The van der Waals surface area contributed by atoms with E-state index < -0.39 is 0 Å². The smallest absolute Gasteiger partial charge is 0.135 e. The lowest BCUT2D eigenvalue weighted by Crippen LogP contribution is -1.98. The van der Waals surface area contributed by atoms with Gasteiger partial charge in [0, 0.05) is 10.9 Å². The molecule has 1 heteroatoms. The van der Waals surface area contributed by atoms with Crippen molar-refractivity contribution in [3.63, 3.8) is 0 Å². The van der Waals surface area contributed by atoms with E-state index in [4.69, 9.17) is 4.74 Å². The lowest BCUT2D eigenvalue weighted by molar-refractivity contribution is 0.487. The van der Waals surface area contributed by atoms with Gasteiger partial charge in [-0.1, -0.05) is 140 Å². The maximum Gasteiger partial charge on any atom is 0.135 e. The Hall–Kier alpha value is -5.92. The zero-order valence-corrected chi connectivity index (χ0v) is 24.4. The minimum atomic E-state index is 0.904. The second-order valence-corrected chi connectivity index (χ2v) is 12.1. The van der Waals surface area contributed by atoms with Gasteiger partial charge in [0.25, 0.3) is 0 Å². The van der Waals surface area contributed by atoms with Gasteiger partial charge in [-0.25, -0.2) is 0 Å². The van der Waals surface area contributed by atoms with E-state index in [-0.39, 0.29) is 0 Å². The molecule has 0 bridgehead atoms. The average Bonchev–Trinajstić information content (AvgIpc) is 3.11. The summed E-state index contributed by atoms with van der Waals surface area (Å²) in [5.74, 6) is 1.81. The number of rotatable bonds is 3. The summed E-state index contributed by atoms with van der Waals surface area (Å²) >= 11 is 0. The Morgan fingerprint density at radius 3 is 1.67 bits per heavy atom. The van der Waals surface area contributed by atoms with Gasteiger partial charge in [0.15, 0.2) is 0 Å². The van der Waals surface area contributed by atoms with Crippen molar-refractivity contribution in [1.82, 2.24) is 0 Å². The van der Waals surface area contributed by atoms with Gasteiger partial charge in [0.1, 0.15) is 11.5 Å². The van der Waals surface area contributed by atoms with Crippen molar-refractivity contribution in [2.24, 2.45) is 0 Å². The highest BCUT2D eigenvalue weighted by Crippen LogP contribution is 2.49. The molecule has 0 aliphatic carbocycles. The zero-order chi connectivity index (χ0) is 29.5. The van der Waals surface area contributed by atoms with E-state index in [9.17, 15) is 0 Å². The molecule has 0 amide bonds. The molecule has 0 fully saturated rings. The molecule has 9 aromatic rings. The number of fused-ring (bicyclic) bond motifs is 2. The van der Waals surface area contributed by atoms with E-state index in [1.54, 1.807) is 0 Å². The van der Waals surface area contributed by atoms with Crippen LogP contribution in [0.2, 0.25) is 0 Å². The molecule has 10 rings (SSSR count). The summed E-state index contributed by atoms with van der Waals surface area (Å²) in [4.78, 5) is 0. The molecular weight excluding hydrogens is 544 g/mol. The van der Waals surface area contributed by atoms with Gasteiger partial charge in [-0.15, -0.1) is 0 Å². The summed E-state index contributed by atoms with van der Waals surface area (Å²) in [5, 5.41) is 10.3. The van der Waals surface area contributed by atoms with E-state index in [2.05, 4.69) is 152 Å². The van der Waals surface area contributed by atoms with Crippen LogP contribution in [0.4, 0.5) is 0 Å². The summed E-state index contributed by atoms with van der Waals surface area (Å²) in [6, 6.07) is 57.2. The summed E-state index contributed by atoms with van der Waals surface area (Å²) in [6.45, 7) is 0. The van der Waals surface area contributed by atoms with Gasteiger partial charge >= 0.3 is 0 Å². The van der Waals surface area contributed by atoms with Crippen LogP contribution >= 0.6 is 0 Å². The first-order valence-electron chi connectivity index (χ1n) is 15.5. The van der Waals surface area contributed by atoms with Crippen LogP contribution < -0.4 is 4.74 Å². The number of benzene rings is 9. The Labute approximate surface area is 260 Å². The van der Waals surface area contributed by atoms with Crippen LogP contribution in [0.1, 0.15) is 0 Å². The SMILES string of the molecule is c1ccc(-c2ccc3c(c2)Oc2ccc(-c4ccc(-c5ccc6ccc7cccc8ccc5c6c78)cc4)c4cccc-3c24)cc1. The Balaban J connectivity index is 1.07. The molecule has 0 aromatic heterocycles. The number of ether oxygens (including phenoxy) is 1. The normalized spacial score (nSPS) is 12.2. The van der Waals surface area contributed by atoms with Gasteiger partial charge in [-0.2, -0.15) is 0 Å². The molecule has 1 aliphatic heterocycles. The first-order chi connectivity index (χ1) is 22.3. The van der Waals surface area contributed by atoms with E-state index in [0.717, 1.165) is 22.6 Å². The first-order valence-corrected chi connectivity index (χ1v) is 15.5. The number of hydrogen-bond acceptors (Lipinski definition) is 1. The molecule has 1 heterocycles. The fraction of sp³-hybridized carbons (Fsp3) is 0. The van der Waals surface area contributed by atoms with Crippen molar-refractivity contribution >= 4 is 43.1 Å². The molecule has 0 radical (unpaired) electrons. The maximum absolute atomic E-state index is 6.57. The van der Waals surface area contributed by atoms with E-state index in [1.807, 2.05) is 6.07 Å². The van der Waals surface area contributed by atoms with E-state index in [1.165, 1.54) is 76.5 Å². The van der Waals surface area contributed by atoms with Gasteiger partial charge in [-0.05, 0) is 94.8 Å². The van der Waals surface area contributed by atoms with Crippen molar-refractivity contribution in [2.45, 2.75) is 0 Å². The quantitative estimate of drug-likeness (QED) is 0.192. The van der Waals surface area contributed by atoms with E-state index >= 15 is 0 Å². The number of hydrogen-bond donors (Lipinski definition) is 0. The summed E-state index contributed by atoms with van der Waals surface area (Å²) in [5.41, 5.74) is 9.61. The second kappa shape index (κ2) is 9.29. The molecule has 45 heavy (non-hydrogen) atoms. The molecule has 0 N–H and O–H groups in total. The molecule has 0 spiro atoms. The highest BCUT2D eigenvalue weighted by molar-refractivity contribution is 6.25. The molecule has 0 saturated carbocycles. The zero-order valence-electron chi connectivity index (χ0n) is 24.4. The molecule has 1 nitrogen and oxygen atoms in total. The predicted molar refractivity (Wildman–Crippen MR) is 189 cm³/mol. The van der Waals surface area contributed by atoms with Gasteiger partial charge in [0.2, 0.25) is 0 Å². The summed E-state index contributed by atoms with van der Waals surface area (Å²) in [6.07, 6.45) is 0.